The molecule has 0 radical (unpaired) electrons. The number of benzene rings is 1. The normalized spacial score (nSPS) is 18.3. The lowest BCUT2D eigenvalue weighted by atomic mass is 10.0. The van der Waals surface area contributed by atoms with Crippen molar-refractivity contribution in [3.63, 3.8) is 0 Å². The molecule has 6 heteroatoms. The highest BCUT2D eigenvalue weighted by Crippen LogP contribution is 2.15. The maximum absolute atomic E-state index is 12.4. The molecule has 1 aromatic heterocycles. The summed E-state index contributed by atoms with van der Waals surface area (Å²) in [5.74, 6) is 0.558. The smallest absolute Gasteiger partial charge is 0.251 e. The minimum absolute atomic E-state index is 0.00992. The number of likely N-dealkylation sites (tertiary alicyclic amines) is 1. The number of hydrogen-bond acceptors (Lipinski definition) is 4. The van der Waals surface area contributed by atoms with Gasteiger partial charge < -0.3 is 15.5 Å². The monoisotopic (exact) mass is 355 g/mol. The minimum Gasteiger partial charge on any atom is -0.381 e. The van der Waals surface area contributed by atoms with Crippen molar-refractivity contribution in [2.24, 2.45) is 13.0 Å². The van der Waals surface area contributed by atoms with Crippen LogP contribution < -0.4 is 10.6 Å². The number of hydrogen-bond donors (Lipinski definition) is 2. The Morgan fingerprint density at radius 3 is 2.77 bits per heavy atom. The van der Waals surface area contributed by atoms with Crippen LogP contribution in [0, 0.1) is 5.92 Å². The zero-order valence-electron chi connectivity index (χ0n) is 15.7. The zero-order chi connectivity index (χ0) is 18.4. The summed E-state index contributed by atoms with van der Waals surface area (Å²) in [7, 11) is 4.07. The summed E-state index contributed by atoms with van der Waals surface area (Å²) in [4.78, 5) is 14.8. The average molecular weight is 355 g/mol. The molecule has 0 aliphatic carbocycles. The van der Waals surface area contributed by atoms with Gasteiger partial charge in [-0.05, 0) is 56.6 Å². The molecule has 1 unspecified atom stereocenters. The van der Waals surface area contributed by atoms with Crippen LogP contribution in [-0.2, 0) is 13.6 Å². The number of anilines is 1. The number of aromatic nitrogens is 2. The van der Waals surface area contributed by atoms with Crippen molar-refractivity contribution in [3.8, 4) is 0 Å². The Morgan fingerprint density at radius 2 is 2.04 bits per heavy atom. The van der Waals surface area contributed by atoms with E-state index in [0.717, 1.165) is 30.9 Å². The molecule has 1 fully saturated rings. The van der Waals surface area contributed by atoms with Crippen LogP contribution in [0.1, 0.15) is 35.2 Å². The van der Waals surface area contributed by atoms with E-state index in [2.05, 4.69) is 27.7 Å². The Hall–Kier alpha value is -2.34. The van der Waals surface area contributed by atoms with Gasteiger partial charge in [-0.15, -0.1) is 0 Å². The molecule has 2 aromatic rings. The predicted molar refractivity (Wildman–Crippen MR) is 104 cm³/mol. The van der Waals surface area contributed by atoms with Crippen molar-refractivity contribution >= 4 is 11.6 Å². The second kappa shape index (κ2) is 8.85. The molecule has 1 aliphatic rings. The standard InChI is InChI=1S/C20H29N5O/c1-24-10-4-3-5-16(14-24)11-22-20(26)18-6-8-19(9-7-18)21-12-17-13-23-25(2)15-17/h6-9,13,15-16,21H,3-5,10-12,14H2,1-2H3,(H,22,26). The molecule has 2 N–H and O–H groups in total. The van der Waals surface area contributed by atoms with Gasteiger partial charge in [-0.1, -0.05) is 6.42 Å². The number of rotatable bonds is 6. The Labute approximate surface area is 155 Å². The summed E-state index contributed by atoms with van der Waals surface area (Å²) < 4.78 is 1.79. The highest BCUT2D eigenvalue weighted by Gasteiger charge is 2.16. The van der Waals surface area contributed by atoms with E-state index >= 15 is 0 Å². The van der Waals surface area contributed by atoms with Crippen molar-refractivity contribution in [1.29, 1.82) is 0 Å². The number of carbonyl (C=O) groups excluding carboxylic acids is 1. The number of nitrogens with one attached hydrogen (secondary N) is 2. The number of aryl methyl sites for hydroxylation is 1. The average Bonchev–Trinajstić information content (AvgIpc) is 2.94. The van der Waals surface area contributed by atoms with E-state index in [-0.39, 0.29) is 5.91 Å². The Kier molecular flexibility index (Phi) is 6.28. The molecule has 0 saturated carbocycles. The van der Waals surface area contributed by atoms with Crippen molar-refractivity contribution in [2.75, 3.05) is 32.0 Å². The van der Waals surface area contributed by atoms with E-state index in [4.69, 9.17) is 0 Å². The molecule has 1 amide bonds. The first-order valence-corrected chi connectivity index (χ1v) is 9.38. The van der Waals surface area contributed by atoms with E-state index in [0.29, 0.717) is 18.0 Å². The fourth-order valence-electron chi connectivity index (χ4n) is 3.45. The first kappa shape index (κ1) is 18.5. The molecule has 6 nitrogen and oxygen atoms in total. The van der Waals surface area contributed by atoms with E-state index in [1.807, 2.05) is 43.7 Å². The first-order valence-electron chi connectivity index (χ1n) is 9.38. The Morgan fingerprint density at radius 1 is 1.23 bits per heavy atom. The van der Waals surface area contributed by atoms with Crippen LogP contribution in [-0.4, -0.2) is 47.3 Å². The van der Waals surface area contributed by atoms with E-state index in [9.17, 15) is 4.79 Å². The maximum Gasteiger partial charge on any atom is 0.251 e. The van der Waals surface area contributed by atoms with Crippen molar-refractivity contribution in [1.82, 2.24) is 20.0 Å². The molecule has 1 aliphatic heterocycles. The molecule has 1 atom stereocenters. The second-order valence-corrected chi connectivity index (χ2v) is 7.29. The van der Waals surface area contributed by atoms with Crippen molar-refractivity contribution in [2.45, 2.75) is 25.8 Å². The zero-order valence-corrected chi connectivity index (χ0v) is 15.7. The molecule has 1 aromatic carbocycles. The number of carbonyl (C=O) groups is 1. The van der Waals surface area contributed by atoms with Gasteiger partial charge >= 0.3 is 0 Å². The Bertz CT molecular complexity index is 709. The van der Waals surface area contributed by atoms with Crippen LogP contribution in [0.5, 0.6) is 0 Å². The van der Waals surface area contributed by atoms with Gasteiger partial charge in [0.25, 0.3) is 5.91 Å². The third kappa shape index (κ3) is 5.33. The van der Waals surface area contributed by atoms with Crippen LogP contribution in [0.15, 0.2) is 36.7 Å². The van der Waals surface area contributed by atoms with E-state index in [1.165, 1.54) is 19.3 Å². The number of amides is 1. The first-order chi connectivity index (χ1) is 12.6. The summed E-state index contributed by atoms with van der Waals surface area (Å²) in [6.45, 7) is 3.70. The number of nitrogens with zero attached hydrogens (tertiary/aromatic N) is 3. The van der Waals surface area contributed by atoms with Crippen LogP contribution in [0.4, 0.5) is 5.69 Å². The quantitative estimate of drug-likeness (QED) is 0.836. The van der Waals surface area contributed by atoms with Gasteiger partial charge in [0.15, 0.2) is 0 Å². The van der Waals surface area contributed by atoms with Crippen molar-refractivity contribution in [3.05, 3.63) is 47.8 Å². The van der Waals surface area contributed by atoms with Crippen molar-refractivity contribution < 1.29 is 4.79 Å². The minimum atomic E-state index is 0.00992. The fourth-order valence-corrected chi connectivity index (χ4v) is 3.45. The molecule has 2 heterocycles. The topological polar surface area (TPSA) is 62.2 Å². The molecule has 0 spiro atoms. The lowest BCUT2D eigenvalue weighted by Crippen LogP contribution is -2.34. The largest absolute Gasteiger partial charge is 0.381 e. The summed E-state index contributed by atoms with van der Waals surface area (Å²) in [6.07, 6.45) is 7.54. The van der Waals surface area contributed by atoms with Crippen LogP contribution in [0.3, 0.4) is 0 Å². The highest BCUT2D eigenvalue weighted by atomic mass is 16.1. The molecule has 0 bridgehead atoms. The van der Waals surface area contributed by atoms with Gasteiger partial charge in [0.2, 0.25) is 0 Å². The van der Waals surface area contributed by atoms with Gasteiger partial charge in [-0.25, -0.2) is 0 Å². The van der Waals surface area contributed by atoms with Gasteiger partial charge in [-0.3, -0.25) is 9.48 Å². The lowest BCUT2D eigenvalue weighted by molar-refractivity contribution is 0.0944. The van der Waals surface area contributed by atoms with Gasteiger partial charge in [0, 0.05) is 49.7 Å². The van der Waals surface area contributed by atoms with Gasteiger partial charge in [0.1, 0.15) is 0 Å². The molecular formula is C20H29N5O. The molecule has 26 heavy (non-hydrogen) atoms. The van der Waals surface area contributed by atoms with Gasteiger partial charge in [-0.2, -0.15) is 5.10 Å². The third-order valence-corrected chi connectivity index (χ3v) is 4.93. The second-order valence-electron chi connectivity index (χ2n) is 7.29. The summed E-state index contributed by atoms with van der Waals surface area (Å²) in [5, 5.41) is 10.6. The maximum atomic E-state index is 12.4. The fraction of sp³-hybridized carbons (Fsp3) is 0.500. The summed E-state index contributed by atoms with van der Waals surface area (Å²) in [6, 6.07) is 7.65. The van der Waals surface area contributed by atoms with E-state index in [1.54, 1.807) is 4.68 Å². The van der Waals surface area contributed by atoms with Crippen LogP contribution in [0.25, 0.3) is 0 Å². The SMILES string of the molecule is CN1CCCCC(CNC(=O)c2ccc(NCc3cnn(C)c3)cc2)C1. The van der Waals surface area contributed by atoms with Crippen LogP contribution >= 0.6 is 0 Å². The summed E-state index contributed by atoms with van der Waals surface area (Å²) in [5.41, 5.74) is 2.83. The molecule has 140 valence electrons. The third-order valence-electron chi connectivity index (χ3n) is 4.93. The van der Waals surface area contributed by atoms with Crippen LogP contribution in [0.2, 0.25) is 0 Å². The molecule has 3 rings (SSSR count). The Balaban J connectivity index is 1.47. The highest BCUT2D eigenvalue weighted by molar-refractivity contribution is 5.94. The molecule has 1 saturated heterocycles. The molecular weight excluding hydrogens is 326 g/mol. The van der Waals surface area contributed by atoms with Gasteiger partial charge in [0.05, 0.1) is 6.20 Å². The summed E-state index contributed by atoms with van der Waals surface area (Å²) >= 11 is 0. The predicted octanol–water partition coefficient (Wildman–Crippen LogP) is 2.49. The van der Waals surface area contributed by atoms with E-state index < -0.39 is 0 Å². The lowest BCUT2D eigenvalue weighted by Gasteiger charge is -2.20.